The summed E-state index contributed by atoms with van der Waals surface area (Å²) in [6.07, 6.45) is 2.45. The van der Waals surface area contributed by atoms with E-state index in [0.29, 0.717) is 11.5 Å². The molecule has 0 bridgehead atoms. The lowest BCUT2D eigenvalue weighted by Crippen LogP contribution is -2.47. The van der Waals surface area contributed by atoms with E-state index in [1.807, 2.05) is 0 Å². The quantitative estimate of drug-likeness (QED) is 0.898. The Kier molecular flexibility index (Phi) is 4.64. The first-order chi connectivity index (χ1) is 9.04. The van der Waals surface area contributed by atoms with E-state index < -0.39 is 0 Å². The predicted molar refractivity (Wildman–Crippen MR) is 82.0 cm³/mol. The minimum Gasteiger partial charge on any atom is -0.330 e. The molecule has 2 unspecified atom stereocenters. The Hall–Kier alpha value is -0.860. The van der Waals surface area contributed by atoms with Crippen LogP contribution in [0.1, 0.15) is 45.2 Å². The normalized spacial score (nSPS) is 25.2. The van der Waals surface area contributed by atoms with Gasteiger partial charge in [-0.15, -0.1) is 0 Å². The topological polar surface area (TPSA) is 29.3 Å². The van der Waals surface area contributed by atoms with Crippen LogP contribution in [0.25, 0.3) is 0 Å². The summed E-state index contributed by atoms with van der Waals surface area (Å²) in [4.78, 5) is 2.63. The average molecular weight is 260 g/mol. The Balaban J connectivity index is 2.04. The summed E-state index contributed by atoms with van der Waals surface area (Å²) < 4.78 is 0. The van der Waals surface area contributed by atoms with Crippen molar-refractivity contribution in [2.45, 2.75) is 39.7 Å². The van der Waals surface area contributed by atoms with Crippen LogP contribution in [-0.2, 0) is 0 Å². The van der Waals surface area contributed by atoms with Crippen LogP contribution >= 0.6 is 0 Å². The molecule has 1 aromatic rings. The number of piperidine rings is 1. The third kappa shape index (κ3) is 3.37. The molecule has 1 aliphatic rings. The van der Waals surface area contributed by atoms with Crippen LogP contribution in [0.5, 0.6) is 0 Å². The van der Waals surface area contributed by atoms with Crippen LogP contribution in [0.4, 0.5) is 0 Å². The number of likely N-dealkylation sites (tertiary alicyclic amines) is 1. The van der Waals surface area contributed by atoms with Crippen LogP contribution in [0.2, 0.25) is 0 Å². The van der Waals surface area contributed by atoms with E-state index in [-0.39, 0.29) is 0 Å². The number of hydrogen-bond donors (Lipinski definition) is 1. The first kappa shape index (κ1) is 14.5. The van der Waals surface area contributed by atoms with Crippen molar-refractivity contribution in [1.29, 1.82) is 0 Å². The fourth-order valence-electron chi connectivity index (χ4n) is 3.45. The Labute approximate surface area is 118 Å². The lowest BCUT2D eigenvalue weighted by atomic mass is 9.72. The molecule has 0 radical (unpaired) electrons. The second-order valence-electron chi connectivity index (χ2n) is 6.61. The van der Waals surface area contributed by atoms with Crippen LogP contribution in [0.3, 0.4) is 0 Å². The largest absolute Gasteiger partial charge is 0.330 e. The van der Waals surface area contributed by atoms with E-state index >= 15 is 0 Å². The molecule has 2 N–H and O–H groups in total. The summed E-state index contributed by atoms with van der Waals surface area (Å²) in [6.45, 7) is 10.3. The summed E-state index contributed by atoms with van der Waals surface area (Å²) in [5, 5.41) is 0. The van der Waals surface area contributed by atoms with Gasteiger partial charge in [0.25, 0.3) is 0 Å². The van der Waals surface area contributed by atoms with Gasteiger partial charge in [0.05, 0.1) is 0 Å². The van der Waals surface area contributed by atoms with Crippen molar-refractivity contribution in [3.05, 3.63) is 35.9 Å². The van der Waals surface area contributed by atoms with Crippen molar-refractivity contribution in [2.75, 3.05) is 19.6 Å². The van der Waals surface area contributed by atoms with Crippen LogP contribution in [-0.4, -0.2) is 24.5 Å². The standard InChI is InChI=1S/C17H28N2/c1-14(15-7-5-4-6-8-15)19-12-10-16(9-11-18)17(2,3)13-19/h4-8,14,16H,9-13,18H2,1-3H3. The molecule has 0 saturated carbocycles. The van der Waals surface area contributed by atoms with E-state index in [1.54, 1.807) is 0 Å². The molecule has 19 heavy (non-hydrogen) atoms. The molecule has 1 aromatic carbocycles. The molecular weight excluding hydrogens is 232 g/mol. The Bertz CT molecular complexity index is 386. The number of nitrogens with zero attached hydrogens (tertiary/aromatic N) is 1. The molecule has 1 fully saturated rings. The number of rotatable bonds is 4. The number of benzene rings is 1. The molecule has 0 aromatic heterocycles. The molecule has 1 heterocycles. The van der Waals surface area contributed by atoms with Crippen LogP contribution in [0, 0.1) is 11.3 Å². The molecule has 0 spiro atoms. The first-order valence-electron chi connectivity index (χ1n) is 7.53. The molecule has 2 rings (SSSR count). The van der Waals surface area contributed by atoms with Gasteiger partial charge in [-0.1, -0.05) is 44.2 Å². The molecule has 2 heteroatoms. The fraction of sp³-hybridized carbons (Fsp3) is 0.647. The number of nitrogens with two attached hydrogens (primary N) is 1. The van der Waals surface area contributed by atoms with E-state index in [2.05, 4.69) is 56.0 Å². The second-order valence-corrected chi connectivity index (χ2v) is 6.61. The number of hydrogen-bond acceptors (Lipinski definition) is 2. The highest BCUT2D eigenvalue weighted by Gasteiger charge is 2.36. The minimum absolute atomic E-state index is 0.376. The highest BCUT2D eigenvalue weighted by atomic mass is 15.2. The van der Waals surface area contributed by atoms with Gasteiger partial charge in [-0.2, -0.15) is 0 Å². The van der Waals surface area contributed by atoms with Crippen molar-refractivity contribution in [3.63, 3.8) is 0 Å². The Morgan fingerprint density at radius 1 is 1.32 bits per heavy atom. The van der Waals surface area contributed by atoms with Crippen LogP contribution < -0.4 is 5.73 Å². The molecule has 2 atom stereocenters. The van der Waals surface area contributed by atoms with Gasteiger partial charge in [0.15, 0.2) is 0 Å². The fourth-order valence-corrected chi connectivity index (χ4v) is 3.45. The summed E-state index contributed by atoms with van der Waals surface area (Å²) >= 11 is 0. The highest BCUT2D eigenvalue weighted by molar-refractivity contribution is 5.18. The van der Waals surface area contributed by atoms with Crippen molar-refractivity contribution in [1.82, 2.24) is 4.90 Å². The summed E-state index contributed by atoms with van der Waals surface area (Å²) in [7, 11) is 0. The lowest BCUT2D eigenvalue weighted by Gasteiger charge is -2.46. The zero-order chi connectivity index (χ0) is 13.9. The lowest BCUT2D eigenvalue weighted by molar-refractivity contribution is 0.0290. The summed E-state index contributed by atoms with van der Waals surface area (Å²) in [5.41, 5.74) is 7.55. The highest BCUT2D eigenvalue weighted by Crippen LogP contribution is 2.39. The van der Waals surface area contributed by atoms with Crippen molar-refractivity contribution >= 4 is 0 Å². The second kappa shape index (κ2) is 6.06. The zero-order valence-corrected chi connectivity index (χ0v) is 12.6. The maximum Gasteiger partial charge on any atom is 0.0320 e. The summed E-state index contributed by atoms with van der Waals surface area (Å²) in [6, 6.07) is 11.4. The molecule has 1 saturated heterocycles. The minimum atomic E-state index is 0.376. The summed E-state index contributed by atoms with van der Waals surface area (Å²) in [5.74, 6) is 0.775. The van der Waals surface area contributed by atoms with Gasteiger partial charge in [0.2, 0.25) is 0 Å². The molecule has 0 amide bonds. The van der Waals surface area contributed by atoms with Gasteiger partial charge < -0.3 is 5.73 Å². The predicted octanol–water partition coefficient (Wildman–Crippen LogP) is 3.44. The molecule has 1 aliphatic heterocycles. The third-order valence-corrected chi connectivity index (χ3v) is 4.83. The van der Waals surface area contributed by atoms with E-state index in [9.17, 15) is 0 Å². The average Bonchev–Trinajstić information content (AvgIpc) is 2.41. The van der Waals surface area contributed by atoms with Crippen LogP contribution in [0.15, 0.2) is 30.3 Å². The van der Waals surface area contributed by atoms with Gasteiger partial charge in [0, 0.05) is 12.6 Å². The SMILES string of the molecule is CC(c1ccccc1)N1CCC(CCN)C(C)(C)C1. The molecule has 0 aliphatic carbocycles. The smallest absolute Gasteiger partial charge is 0.0320 e. The van der Waals surface area contributed by atoms with E-state index in [4.69, 9.17) is 5.73 Å². The van der Waals surface area contributed by atoms with E-state index in [0.717, 1.165) is 12.5 Å². The van der Waals surface area contributed by atoms with Gasteiger partial charge in [-0.05, 0) is 49.8 Å². The third-order valence-electron chi connectivity index (χ3n) is 4.83. The van der Waals surface area contributed by atoms with Gasteiger partial charge in [-0.25, -0.2) is 0 Å². The van der Waals surface area contributed by atoms with E-state index in [1.165, 1.54) is 31.5 Å². The maximum absolute atomic E-state index is 5.75. The molecule has 106 valence electrons. The Morgan fingerprint density at radius 3 is 2.58 bits per heavy atom. The molecule has 2 nitrogen and oxygen atoms in total. The van der Waals surface area contributed by atoms with Gasteiger partial charge in [0.1, 0.15) is 0 Å². The van der Waals surface area contributed by atoms with Crippen molar-refractivity contribution in [3.8, 4) is 0 Å². The Morgan fingerprint density at radius 2 is 2.00 bits per heavy atom. The van der Waals surface area contributed by atoms with Gasteiger partial charge in [-0.3, -0.25) is 4.90 Å². The zero-order valence-electron chi connectivity index (χ0n) is 12.6. The maximum atomic E-state index is 5.75. The first-order valence-corrected chi connectivity index (χ1v) is 7.53. The van der Waals surface area contributed by atoms with Crippen molar-refractivity contribution in [2.24, 2.45) is 17.1 Å². The monoisotopic (exact) mass is 260 g/mol. The van der Waals surface area contributed by atoms with Crippen molar-refractivity contribution < 1.29 is 0 Å². The van der Waals surface area contributed by atoms with Gasteiger partial charge >= 0.3 is 0 Å². The molecular formula is C17H28N2.